The molecule has 1 saturated carbocycles. The Balaban J connectivity index is 1.82. The number of aryl methyl sites for hydroxylation is 1. The minimum absolute atomic E-state index is 0.664. The van der Waals surface area contributed by atoms with E-state index in [2.05, 4.69) is 41.9 Å². The highest BCUT2D eigenvalue weighted by atomic mass is 32.1. The minimum Gasteiger partial charge on any atom is -0.486 e. The van der Waals surface area contributed by atoms with Crippen molar-refractivity contribution in [1.29, 1.82) is 0 Å². The van der Waals surface area contributed by atoms with Crippen molar-refractivity contribution in [2.24, 2.45) is 0 Å². The summed E-state index contributed by atoms with van der Waals surface area (Å²) in [5.41, 5.74) is 3.77. The maximum Gasteiger partial charge on any atom is 0.146 e. The lowest BCUT2D eigenvalue weighted by Crippen LogP contribution is -2.01. The van der Waals surface area contributed by atoms with Crippen molar-refractivity contribution in [3.8, 4) is 5.75 Å². The van der Waals surface area contributed by atoms with E-state index in [0.29, 0.717) is 12.5 Å². The largest absolute Gasteiger partial charge is 0.486 e. The molecule has 2 aromatic rings. The van der Waals surface area contributed by atoms with Gasteiger partial charge in [-0.1, -0.05) is 12.1 Å². The summed E-state index contributed by atoms with van der Waals surface area (Å²) < 4.78 is 6.11. The molecule has 1 fully saturated rings. The van der Waals surface area contributed by atoms with E-state index in [1.165, 1.54) is 28.8 Å². The summed E-state index contributed by atoms with van der Waals surface area (Å²) in [5, 5.41) is 5.41. The number of hydrogen-bond acceptors (Lipinski definition) is 3. The molecular weight excluding hydrogens is 254 g/mol. The number of anilines is 1. The van der Waals surface area contributed by atoms with Gasteiger partial charge in [0.1, 0.15) is 12.4 Å². The Bertz CT molecular complexity index is 572. The SMILES string of the molecule is CNc1cccc(C2CC2)c1OCc1cc(C)cs1. The number of thiophene rings is 1. The third kappa shape index (κ3) is 2.76. The van der Waals surface area contributed by atoms with Crippen molar-refractivity contribution in [2.45, 2.75) is 32.3 Å². The van der Waals surface area contributed by atoms with E-state index in [-0.39, 0.29) is 0 Å². The third-order valence-corrected chi connectivity index (χ3v) is 4.50. The maximum absolute atomic E-state index is 6.11. The highest BCUT2D eigenvalue weighted by Crippen LogP contribution is 2.46. The van der Waals surface area contributed by atoms with Gasteiger partial charge in [-0.05, 0) is 54.3 Å². The van der Waals surface area contributed by atoms with Gasteiger partial charge in [0, 0.05) is 11.9 Å². The van der Waals surface area contributed by atoms with E-state index in [9.17, 15) is 0 Å². The van der Waals surface area contributed by atoms with Gasteiger partial charge in [0.05, 0.1) is 5.69 Å². The van der Waals surface area contributed by atoms with Crippen molar-refractivity contribution in [1.82, 2.24) is 0 Å². The molecule has 3 rings (SSSR count). The Labute approximate surface area is 118 Å². The third-order valence-electron chi connectivity index (χ3n) is 3.48. The van der Waals surface area contributed by atoms with Crippen LogP contribution in [0.3, 0.4) is 0 Å². The molecule has 1 aliphatic carbocycles. The van der Waals surface area contributed by atoms with Gasteiger partial charge in [0.25, 0.3) is 0 Å². The Morgan fingerprint density at radius 2 is 2.21 bits per heavy atom. The molecule has 0 bridgehead atoms. The van der Waals surface area contributed by atoms with E-state index in [0.717, 1.165) is 11.4 Å². The lowest BCUT2D eigenvalue weighted by Gasteiger charge is -2.15. The zero-order valence-electron chi connectivity index (χ0n) is 11.4. The maximum atomic E-state index is 6.11. The summed E-state index contributed by atoms with van der Waals surface area (Å²) >= 11 is 1.77. The molecule has 3 heteroatoms. The average Bonchev–Trinajstić information content (AvgIpc) is 3.19. The average molecular weight is 273 g/mol. The van der Waals surface area contributed by atoms with Gasteiger partial charge < -0.3 is 10.1 Å². The standard InChI is InChI=1S/C16H19NOS/c1-11-8-13(19-10-11)9-18-16-14(12-6-7-12)4-3-5-15(16)17-2/h3-5,8,10,12,17H,6-7,9H2,1-2H3. The topological polar surface area (TPSA) is 21.3 Å². The number of rotatable bonds is 5. The monoisotopic (exact) mass is 273 g/mol. The molecule has 1 aromatic carbocycles. The smallest absolute Gasteiger partial charge is 0.146 e. The quantitative estimate of drug-likeness (QED) is 0.862. The van der Waals surface area contributed by atoms with E-state index in [4.69, 9.17) is 4.74 Å². The summed E-state index contributed by atoms with van der Waals surface area (Å²) in [5.74, 6) is 1.74. The molecule has 19 heavy (non-hydrogen) atoms. The summed E-state index contributed by atoms with van der Waals surface area (Å²) in [6, 6.07) is 8.60. The summed E-state index contributed by atoms with van der Waals surface area (Å²) in [6.07, 6.45) is 2.59. The van der Waals surface area contributed by atoms with Gasteiger partial charge in [0.15, 0.2) is 0 Å². The normalized spacial score (nSPS) is 14.4. The van der Waals surface area contributed by atoms with Gasteiger partial charge in [-0.3, -0.25) is 0 Å². The van der Waals surface area contributed by atoms with Crippen molar-refractivity contribution < 1.29 is 4.74 Å². The van der Waals surface area contributed by atoms with E-state index < -0.39 is 0 Å². The van der Waals surface area contributed by atoms with Crippen LogP contribution in [-0.2, 0) is 6.61 Å². The Kier molecular flexibility index (Phi) is 3.47. The van der Waals surface area contributed by atoms with Gasteiger partial charge in [-0.15, -0.1) is 11.3 Å². The van der Waals surface area contributed by atoms with Crippen molar-refractivity contribution >= 4 is 17.0 Å². The molecule has 0 atom stereocenters. The lowest BCUT2D eigenvalue weighted by atomic mass is 10.1. The molecule has 0 radical (unpaired) electrons. The van der Waals surface area contributed by atoms with Crippen LogP contribution < -0.4 is 10.1 Å². The number of ether oxygens (including phenoxy) is 1. The molecule has 1 aliphatic rings. The molecule has 1 aromatic heterocycles. The van der Waals surface area contributed by atoms with Gasteiger partial charge in [0.2, 0.25) is 0 Å². The second kappa shape index (κ2) is 5.25. The first-order valence-corrected chi connectivity index (χ1v) is 7.63. The lowest BCUT2D eigenvalue weighted by molar-refractivity contribution is 0.308. The van der Waals surface area contributed by atoms with Gasteiger partial charge >= 0.3 is 0 Å². The summed E-state index contributed by atoms with van der Waals surface area (Å²) in [4.78, 5) is 1.28. The van der Waals surface area contributed by atoms with Crippen LogP contribution in [0.4, 0.5) is 5.69 Å². The van der Waals surface area contributed by atoms with Crippen molar-refractivity contribution in [3.63, 3.8) is 0 Å². The molecule has 1 heterocycles. The Hall–Kier alpha value is -1.48. The highest BCUT2D eigenvalue weighted by Gasteiger charge is 2.27. The van der Waals surface area contributed by atoms with Crippen molar-refractivity contribution in [2.75, 3.05) is 12.4 Å². The molecule has 100 valence electrons. The fraction of sp³-hybridized carbons (Fsp3) is 0.375. The highest BCUT2D eigenvalue weighted by molar-refractivity contribution is 7.10. The van der Waals surface area contributed by atoms with Crippen LogP contribution in [0.25, 0.3) is 0 Å². The van der Waals surface area contributed by atoms with E-state index in [1.54, 1.807) is 11.3 Å². The molecule has 0 spiro atoms. The second-order valence-electron chi connectivity index (χ2n) is 5.13. The number of hydrogen-bond donors (Lipinski definition) is 1. The second-order valence-corrected chi connectivity index (χ2v) is 6.12. The van der Waals surface area contributed by atoms with Gasteiger partial charge in [-0.2, -0.15) is 0 Å². The minimum atomic E-state index is 0.664. The summed E-state index contributed by atoms with van der Waals surface area (Å²) in [6.45, 7) is 2.79. The fourth-order valence-corrected chi connectivity index (χ4v) is 3.12. The molecule has 0 unspecified atom stereocenters. The number of benzene rings is 1. The first-order chi connectivity index (χ1) is 9.28. The Morgan fingerprint density at radius 1 is 1.37 bits per heavy atom. The molecular formula is C16H19NOS. The molecule has 1 N–H and O–H groups in total. The molecule has 0 amide bonds. The molecule has 2 nitrogen and oxygen atoms in total. The zero-order chi connectivity index (χ0) is 13.2. The van der Waals surface area contributed by atoms with Crippen molar-refractivity contribution in [3.05, 3.63) is 45.6 Å². The van der Waals surface area contributed by atoms with Gasteiger partial charge in [-0.25, -0.2) is 0 Å². The van der Waals surface area contributed by atoms with Crippen LogP contribution in [0.1, 0.15) is 34.8 Å². The predicted octanol–water partition coefficient (Wildman–Crippen LogP) is 4.55. The van der Waals surface area contributed by atoms with Crippen LogP contribution >= 0.6 is 11.3 Å². The molecule has 0 saturated heterocycles. The van der Waals surface area contributed by atoms with Crippen LogP contribution in [0, 0.1) is 6.92 Å². The zero-order valence-corrected chi connectivity index (χ0v) is 12.2. The first kappa shape index (κ1) is 12.5. The number of para-hydroxylation sites is 1. The Morgan fingerprint density at radius 3 is 2.84 bits per heavy atom. The van der Waals surface area contributed by atoms with E-state index in [1.807, 2.05) is 7.05 Å². The van der Waals surface area contributed by atoms with Crippen LogP contribution in [0.2, 0.25) is 0 Å². The first-order valence-electron chi connectivity index (χ1n) is 6.75. The van der Waals surface area contributed by atoms with Crippen LogP contribution in [-0.4, -0.2) is 7.05 Å². The van der Waals surface area contributed by atoms with Crippen LogP contribution in [0.15, 0.2) is 29.6 Å². The number of nitrogens with one attached hydrogen (secondary N) is 1. The summed E-state index contributed by atoms with van der Waals surface area (Å²) in [7, 11) is 1.95. The van der Waals surface area contributed by atoms with E-state index >= 15 is 0 Å². The van der Waals surface area contributed by atoms with Crippen LogP contribution in [0.5, 0.6) is 5.75 Å². The fourth-order valence-electron chi connectivity index (χ4n) is 2.34. The molecule has 0 aliphatic heterocycles. The predicted molar refractivity (Wildman–Crippen MR) is 81.4 cm³/mol.